The second-order valence-corrected chi connectivity index (χ2v) is 13.0. The summed E-state index contributed by atoms with van der Waals surface area (Å²) in [6, 6.07) is 8.20. The van der Waals surface area contributed by atoms with E-state index in [9.17, 15) is 9.59 Å². The quantitative estimate of drug-likeness (QED) is 0.229. The molecule has 236 valence electrons. The number of benzene rings is 1. The molecular formula is C34H45N5O4S. The van der Waals surface area contributed by atoms with Crippen molar-refractivity contribution in [1.29, 1.82) is 0 Å². The molecule has 10 heteroatoms. The van der Waals surface area contributed by atoms with Gasteiger partial charge in [0.15, 0.2) is 0 Å². The third kappa shape index (κ3) is 7.90. The average molecular weight is 620 g/mol. The van der Waals surface area contributed by atoms with Crippen molar-refractivity contribution in [3.63, 3.8) is 0 Å². The third-order valence-corrected chi connectivity index (χ3v) is 9.40. The number of hydrogen-bond donors (Lipinski definition) is 3. The number of carbonyl (C=O) groups is 2. The standard InChI is InChI=1S/C34H45N5O4S/c1-6-21(3)33(40)39(14-15-42-5)20-23-8-12-27(35-19-23)31-18-28-32(44-31)30(16-22(4)36-28)43-29-13-11-26(17-24(29)7-2)38-34(41)37-25-9-10-25/h11-13,16-19,21-23,25,36H,6-10,14-15,20H2,1-5H3,(H2,37,38,41). The van der Waals surface area contributed by atoms with E-state index in [0.29, 0.717) is 25.7 Å². The molecule has 0 spiro atoms. The maximum Gasteiger partial charge on any atom is 0.319 e. The number of rotatable bonds is 13. The van der Waals surface area contributed by atoms with Crippen LogP contribution in [0.3, 0.4) is 0 Å². The first-order valence-corrected chi connectivity index (χ1v) is 16.6. The SMILES string of the molecule is CCc1cc(NC(=O)NC2CC2)ccc1OC1=CC(C)Nc2cc(C3=CCC(CN(CCOC)C(=O)C(C)CC)C=N3)sc21. The van der Waals surface area contributed by atoms with Crippen LogP contribution < -0.4 is 20.7 Å². The molecule has 1 saturated carbocycles. The normalized spacial score (nSPS) is 19.7. The van der Waals surface area contributed by atoms with Crippen LogP contribution in [-0.4, -0.2) is 61.9 Å². The zero-order valence-corrected chi connectivity index (χ0v) is 27.3. The van der Waals surface area contributed by atoms with E-state index in [2.05, 4.69) is 48.0 Å². The number of methoxy groups -OCH3 is 1. The van der Waals surface area contributed by atoms with Crippen LogP contribution in [0.2, 0.25) is 0 Å². The smallest absolute Gasteiger partial charge is 0.319 e. The van der Waals surface area contributed by atoms with Crippen LogP contribution in [0, 0.1) is 11.8 Å². The summed E-state index contributed by atoms with van der Waals surface area (Å²) >= 11 is 1.66. The number of aryl methyl sites for hydroxylation is 1. The number of aliphatic imine (C=N–C) groups is 1. The summed E-state index contributed by atoms with van der Waals surface area (Å²) in [5.74, 6) is 1.94. The minimum atomic E-state index is -0.164. The van der Waals surface area contributed by atoms with Crippen molar-refractivity contribution in [3.8, 4) is 5.75 Å². The van der Waals surface area contributed by atoms with Gasteiger partial charge in [-0.1, -0.05) is 26.8 Å². The molecule has 0 bridgehead atoms. The van der Waals surface area contributed by atoms with Gasteiger partial charge >= 0.3 is 6.03 Å². The molecule has 3 unspecified atom stereocenters. The number of urea groups is 1. The van der Waals surface area contributed by atoms with E-state index in [4.69, 9.17) is 14.5 Å². The van der Waals surface area contributed by atoms with Crippen LogP contribution in [0.1, 0.15) is 68.7 Å². The monoisotopic (exact) mass is 619 g/mol. The van der Waals surface area contributed by atoms with Gasteiger partial charge in [0.05, 0.1) is 27.7 Å². The molecule has 3 atom stereocenters. The molecule has 5 rings (SSSR count). The maximum absolute atomic E-state index is 12.9. The highest BCUT2D eigenvalue weighted by Gasteiger charge is 2.26. The molecule has 0 saturated heterocycles. The number of allylic oxidation sites excluding steroid dienone is 1. The Balaban J connectivity index is 1.26. The molecule has 3 N–H and O–H groups in total. The first-order chi connectivity index (χ1) is 21.3. The number of nitrogens with one attached hydrogen (secondary N) is 3. The summed E-state index contributed by atoms with van der Waals surface area (Å²) < 4.78 is 11.8. The van der Waals surface area contributed by atoms with Crippen molar-refractivity contribution in [2.45, 2.75) is 71.9 Å². The Bertz CT molecular complexity index is 1440. The first kappa shape index (κ1) is 31.8. The van der Waals surface area contributed by atoms with Crippen molar-refractivity contribution in [3.05, 3.63) is 51.7 Å². The Kier molecular flexibility index (Phi) is 10.4. The number of amides is 3. The molecule has 1 aromatic carbocycles. The second kappa shape index (κ2) is 14.4. The van der Waals surface area contributed by atoms with E-state index in [1.807, 2.05) is 43.2 Å². The van der Waals surface area contributed by atoms with Crippen LogP contribution in [0.25, 0.3) is 11.5 Å². The predicted molar refractivity (Wildman–Crippen MR) is 179 cm³/mol. The highest BCUT2D eigenvalue weighted by Crippen LogP contribution is 2.42. The Morgan fingerprint density at radius 1 is 1.23 bits per heavy atom. The second-order valence-electron chi connectivity index (χ2n) is 11.9. The lowest BCUT2D eigenvalue weighted by Crippen LogP contribution is -2.41. The summed E-state index contributed by atoms with van der Waals surface area (Å²) in [5.41, 5.74) is 3.76. The number of fused-ring (bicyclic) bond motifs is 1. The minimum absolute atomic E-state index is 0.00301. The summed E-state index contributed by atoms with van der Waals surface area (Å²) in [6.07, 6.45) is 10.8. The lowest BCUT2D eigenvalue weighted by molar-refractivity contribution is -0.136. The van der Waals surface area contributed by atoms with Gasteiger partial charge in [0.25, 0.3) is 0 Å². The molecule has 0 radical (unpaired) electrons. The van der Waals surface area contributed by atoms with E-state index in [-0.39, 0.29) is 29.8 Å². The summed E-state index contributed by atoms with van der Waals surface area (Å²) in [5, 5.41) is 9.47. The van der Waals surface area contributed by atoms with Gasteiger partial charge in [-0.3, -0.25) is 9.79 Å². The van der Waals surface area contributed by atoms with Gasteiger partial charge in [0.1, 0.15) is 11.5 Å². The Morgan fingerprint density at radius 3 is 2.73 bits per heavy atom. The number of hydrogen-bond acceptors (Lipinski definition) is 7. The fourth-order valence-electron chi connectivity index (χ4n) is 5.32. The largest absolute Gasteiger partial charge is 0.456 e. The zero-order chi connectivity index (χ0) is 31.2. The molecule has 3 aliphatic rings. The van der Waals surface area contributed by atoms with Crippen LogP contribution >= 0.6 is 11.3 Å². The van der Waals surface area contributed by atoms with Crippen molar-refractivity contribution in [1.82, 2.24) is 10.2 Å². The molecule has 1 aromatic heterocycles. The van der Waals surface area contributed by atoms with Gasteiger partial charge in [-0.05, 0) is 74.9 Å². The molecule has 2 aromatic rings. The molecule has 1 aliphatic carbocycles. The van der Waals surface area contributed by atoms with Crippen molar-refractivity contribution < 1.29 is 19.1 Å². The molecule has 2 aliphatic heterocycles. The van der Waals surface area contributed by atoms with E-state index in [1.54, 1.807) is 18.4 Å². The fourth-order valence-corrected chi connectivity index (χ4v) is 6.40. The van der Waals surface area contributed by atoms with Crippen LogP contribution in [0.4, 0.5) is 16.2 Å². The number of carbonyl (C=O) groups excluding carboxylic acids is 2. The van der Waals surface area contributed by atoms with Crippen LogP contribution in [0.15, 0.2) is 41.4 Å². The Labute approximate surface area is 264 Å². The summed E-state index contributed by atoms with van der Waals surface area (Å²) in [7, 11) is 1.67. The Hall–Kier alpha value is -3.63. The molecule has 9 nitrogen and oxygen atoms in total. The van der Waals surface area contributed by atoms with Gasteiger partial charge in [0.2, 0.25) is 5.91 Å². The molecule has 1 fully saturated rings. The average Bonchev–Trinajstić information content (AvgIpc) is 3.73. The molecule has 3 heterocycles. The third-order valence-electron chi connectivity index (χ3n) is 8.23. The molecular weight excluding hydrogens is 574 g/mol. The minimum Gasteiger partial charge on any atom is -0.456 e. The van der Waals surface area contributed by atoms with Crippen molar-refractivity contribution >= 4 is 52.3 Å². The van der Waals surface area contributed by atoms with E-state index >= 15 is 0 Å². The van der Waals surface area contributed by atoms with E-state index in [0.717, 1.165) is 76.0 Å². The summed E-state index contributed by atoms with van der Waals surface area (Å²) in [4.78, 5) is 34.1. The maximum atomic E-state index is 12.9. The first-order valence-electron chi connectivity index (χ1n) is 15.8. The van der Waals surface area contributed by atoms with Crippen molar-refractivity contribution in [2.24, 2.45) is 16.8 Å². The van der Waals surface area contributed by atoms with Gasteiger partial charge < -0.3 is 30.3 Å². The fraction of sp³-hybridized carbons (Fsp3) is 0.500. The topological polar surface area (TPSA) is 104 Å². The number of anilines is 2. The summed E-state index contributed by atoms with van der Waals surface area (Å²) in [6.45, 7) is 9.98. The van der Waals surface area contributed by atoms with Gasteiger partial charge in [-0.25, -0.2) is 4.79 Å². The van der Waals surface area contributed by atoms with E-state index in [1.165, 1.54) is 0 Å². The van der Waals surface area contributed by atoms with Gasteiger partial charge in [-0.2, -0.15) is 0 Å². The lowest BCUT2D eigenvalue weighted by Gasteiger charge is -2.28. The van der Waals surface area contributed by atoms with Gasteiger partial charge in [0, 0.05) is 56.0 Å². The number of nitrogens with zero attached hydrogens (tertiary/aromatic N) is 2. The lowest BCUT2D eigenvalue weighted by atomic mass is 10.0. The highest BCUT2D eigenvalue weighted by molar-refractivity contribution is 7.14. The van der Waals surface area contributed by atoms with Gasteiger partial charge in [-0.15, -0.1) is 11.3 Å². The number of ether oxygens (including phenoxy) is 2. The Morgan fingerprint density at radius 2 is 2.05 bits per heavy atom. The van der Waals surface area contributed by atoms with Crippen LogP contribution in [0.5, 0.6) is 5.75 Å². The van der Waals surface area contributed by atoms with Crippen molar-refractivity contribution in [2.75, 3.05) is 37.4 Å². The zero-order valence-electron chi connectivity index (χ0n) is 26.4. The molecule has 3 amide bonds. The van der Waals surface area contributed by atoms with Crippen LogP contribution in [-0.2, 0) is 16.0 Å². The number of thiophene rings is 1. The molecule has 44 heavy (non-hydrogen) atoms. The predicted octanol–water partition coefficient (Wildman–Crippen LogP) is 6.78. The van der Waals surface area contributed by atoms with E-state index < -0.39 is 0 Å². The highest BCUT2D eigenvalue weighted by atomic mass is 32.1.